The minimum Gasteiger partial charge on any atom is -0.457 e. The zero-order valence-electron chi connectivity index (χ0n) is 16.8. The first-order valence-corrected chi connectivity index (χ1v) is 9.92. The average Bonchev–Trinajstić information content (AvgIpc) is 3.24. The number of rotatable bonds is 6. The van der Waals surface area contributed by atoms with Crippen LogP contribution >= 0.6 is 11.6 Å². The zero-order chi connectivity index (χ0) is 22.7. The number of halogens is 1. The molecule has 3 aromatic carbocycles. The number of non-ortho nitro benzene ring substituents is 1. The first kappa shape index (κ1) is 21.1. The second-order valence-corrected chi connectivity index (χ2v) is 7.46. The standard InChI is InChI=1S/C23H17ClN4O4/c1-14-3-2-4-19(9-14)32-20-11-17(10-18(12-20)28(30)31)25-23(29)22-13-21(26-27-22)15-5-7-16(24)8-6-15/h2-13H,1H3,(H,25,29)(H,26,27). The molecule has 0 bridgehead atoms. The van der Waals surface area contributed by atoms with Crippen LogP contribution in [0, 0.1) is 17.0 Å². The Balaban J connectivity index is 1.56. The van der Waals surface area contributed by atoms with Crippen LogP contribution in [0.1, 0.15) is 16.1 Å². The van der Waals surface area contributed by atoms with Gasteiger partial charge in [0.1, 0.15) is 17.2 Å². The molecule has 160 valence electrons. The average molecular weight is 449 g/mol. The fourth-order valence-electron chi connectivity index (χ4n) is 3.04. The molecule has 0 saturated heterocycles. The topological polar surface area (TPSA) is 110 Å². The van der Waals surface area contributed by atoms with Gasteiger partial charge in [-0.05, 0) is 42.8 Å². The number of anilines is 1. The van der Waals surface area contributed by atoms with Gasteiger partial charge in [0.25, 0.3) is 11.6 Å². The first-order valence-electron chi connectivity index (χ1n) is 9.54. The Bertz CT molecular complexity index is 1300. The summed E-state index contributed by atoms with van der Waals surface area (Å²) in [6.07, 6.45) is 0. The summed E-state index contributed by atoms with van der Waals surface area (Å²) in [7, 11) is 0. The van der Waals surface area contributed by atoms with Gasteiger partial charge in [-0.15, -0.1) is 0 Å². The monoisotopic (exact) mass is 448 g/mol. The summed E-state index contributed by atoms with van der Waals surface area (Å²) in [5.74, 6) is 0.259. The van der Waals surface area contributed by atoms with Crippen LogP contribution in [0.5, 0.6) is 11.5 Å². The van der Waals surface area contributed by atoms with Crippen molar-refractivity contribution in [3.05, 3.63) is 99.2 Å². The Labute approximate surface area is 188 Å². The third kappa shape index (κ3) is 4.93. The lowest BCUT2D eigenvalue weighted by molar-refractivity contribution is -0.384. The number of nitrogens with zero attached hydrogens (tertiary/aromatic N) is 2. The third-order valence-corrected chi connectivity index (χ3v) is 4.80. The van der Waals surface area contributed by atoms with Gasteiger partial charge >= 0.3 is 0 Å². The summed E-state index contributed by atoms with van der Waals surface area (Å²) in [6.45, 7) is 1.91. The fraction of sp³-hybridized carbons (Fsp3) is 0.0435. The Kier molecular flexibility index (Phi) is 5.87. The number of nitro benzene ring substituents is 1. The van der Waals surface area contributed by atoms with Crippen LogP contribution in [0.15, 0.2) is 72.8 Å². The van der Waals surface area contributed by atoms with Crippen LogP contribution in [0.25, 0.3) is 11.3 Å². The number of ether oxygens (including phenoxy) is 1. The Morgan fingerprint density at radius 1 is 1.06 bits per heavy atom. The van der Waals surface area contributed by atoms with Crippen molar-refractivity contribution in [3.63, 3.8) is 0 Å². The number of aromatic amines is 1. The van der Waals surface area contributed by atoms with E-state index in [2.05, 4.69) is 15.5 Å². The zero-order valence-corrected chi connectivity index (χ0v) is 17.6. The molecular formula is C23H17ClN4O4. The van der Waals surface area contributed by atoms with Crippen LogP contribution in [-0.2, 0) is 0 Å². The van der Waals surface area contributed by atoms with Crippen molar-refractivity contribution in [2.45, 2.75) is 6.92 Å². The molecule has 4 aromatic rings. The third-order valence-electron chi connectivity index (χ3n) is 4.55. The molecule has 0 aliphatic heterocycles. The Morgan fingerprint density at radius 3 is 2.56 bits per heavy atom. The molecule has 4 rings (SSSR count). The molecule has 0 aliphatic carbocycles. The van der Waals surface area contributed by atoms with Crippen LogP contribution in [-0.4, -0.2) is 21.0 Å². The maximum absolute atomic E-state index is 12.7. The number of nitrogens with one attached hydrogen (secondary N) is 2. The van der Waals surface area contributed by atoms with E-state index in [0.717, 1.165) is 11.1 Å². The lowest BCUT2D eigenvalue weighted by atomic mass is 10.1. The summed E-state index contributed by atoms with van der Waals surface area (Å²) in [5, 5.41) is 21.4. The molecule has 0 atom stereocenters. The first-order chi connectivity index (χ1) is 15.4. The lowest BCUT2D eigenvalue weighted by Crippen LogP contribution is -2.12. The van der Waals surface area contributed by atoms with E-state index in [4.69, 9.17) is 16.3 Å². The number of benzene rings is 3. The summed E-state index contributed by atoms with van der Waals surface area (Å²) >= 11 is 5.90. The predicted octanol–water partition coefficient (Wildman–Crippen LogP) is 5.99. The highest BCUT2D eigenvalue weighted by Crippen LogP contribution is 2.30. The second kappa shape index (κ2) is 8.91. The number of H-pyrrole nitrogens is 1. The van der Waals surface area contributed by atoms with Crippen LogP contribution in [0.4, 0.5) is 11.4 Å². The van der Waals surface area contributed by atoms with Crippen LogP contribution in [0.3, 0.4) is 0 Å². The molecule has 9 heteroatoms. The maximum atomic E-state index is 12.7. The molecule has 0 radical (unpaired) electrons. The minimum atomic E-state index is -0.548. The van der Waals surface area contributed by atoms with E-state index < -0.39 is 10.8 Å². The van der Waals surface area contributed by atoms with Crippen LogP contribution < -0.4 is 10.1 Å². The molecule has 1 amide bonds. The highest BCUT2D eigenvalue weighted by molar-refractivity contribution is 6.30. The van der Waals surface area contributed by atoms with Gasteiger partial charge in [0.05, 0.1) is 22.4 Å². The molecule has 1 heterocycles. The fourth-order valence-corrected chi connectivity index (χ4v) is 3.17. The van der Waals surface area contributed by atoms with E-state index in [-0.39, 0.29) is 22.8 Å². The summed E-state index contributed by atoms with van der Waals surface area (Å²) in [4.78, 5) is 23.5. The number of nitro groups is 1. The van der Waals surface area contributed by atoms with Gasteiger partial charge in [-0.25, -0.2) is 0 Å². The summed E-state index contributed by atoms with van der Waals surface area (Å²) < 4.78 is 5.76. The summed E-state index contributed by atoms with van der Waals surface area (Å²) in [5.41, 5.74) is 2.54. The number of aromatic nitrogens is 2. The van der Waals surface area contributed by atoms with Crippen molar-refractivity contribution in [3.8, 4) is 22.8 Å². The van der Waals surface area contributed by atoms with E-state index in [9.17, 15) is 14.9 Å². The molecule has 0 fully saturated rings. The van der Waals surface area contributed by atoms with Crippen molar-refractivity contribution in [2.24, 2.45) is 0 Å². The van der Waals surface area contributed by atoms with Crippen molar-refractivity contribution in [1.82, 2.24) is 10.2 Å². The minimum absolute atomic E-state index is 0.197. The normalized spacial score (nSPS) is 10.6. The Morgan fingerprint density at radius 2 is 1.84 bits per heavy atom. The van der Waals surface area contributed by atoms with Gasteiger partial charge in [0.15, 0.2) is 0 Å². The quantitative estimate of drug-likeness (QED) is 0.278. The SMILES string of the molecule is Cc1cccc(Oc2cc(NC(=O)c3cc(-c4ccc(Cl)cc4)n[nH]3)cc([N+](=O)[O-])c2)c1. The number of aryl methyl sites for hydroxylation is 1. The molecule has 0 unspecified atom stereocenters. The largest absolute Gasteiger partial charge is 0.457 e. The van der Waals surface area contributed by atoms with E-state index in [0.29, 0.717) is 16.5 Å². The number of carbonyl (C=O) groups excluding carboxylic acids is 1. The molecular weight excluding hydrogens is 432 g/mol. The van der Waals surface area contributed by atoms with Gasteiger partial charge in [0, 0.05) is 22.7 Å². The van der Waals surface area contributed by atoms with Crippen molar-refractivity contribution >= 4 is 28.9 Å². The number of amides is 1. The van der Waals surface area contributed by atoms with E-state index >= 15 is 0 Å². The van der Waals surface area contributed by atoms with Crippen molar-refractivity contribution < 1.29 is 14.5 Å². The molecule has 1 aromatic heterocycles. The lowest BCUT2D eigenvalue weighted by Gasteiger charge is -2.09. The molecule has 32 heavy (non-hydrogen) atoms. The summed E-state index contributed by atoms with van der Waals surface area (Å²) in [6, 6.07) is 20.0. The van der Waals surface area contributed by atoms with E-state index in [1.807, 2.05) is 19.1 Å². The molecule has 8 nitrogen and oxygen atoms in total. The predicted molar refractivity (Wildman–Crippen MR) is 121 cm³/mol. The Hall–Kier alpha value is -4.17. The number of hydrogen-bond acceptors (Lipinski definition) is 5. The highest BCUT2D eigenvalue weighted by Gasteiger charge is 2.16. The van der Waals surface area contributed by atoms with E-state index in [1.54, 1.807) is 42.5 Å². The number of carbonyl (C=O) groups is 1. The van der Waals surface area contributed by atoms with Crippen LogP contribution in [0.2, 0.25) is 5.02 Å². The van der Waals surface area contributed by atoms with Gasteiger partial charge in [-0.3, -0.25) is 20.0 Å². The second-order valence-electron chi connectivity index (χ2n) is 7.02. The highest BCUT2D eigenvalue weighted by atomic mass is 35.5. The van der Waals surface area contributed by atoms with Gasteiger partial charge in [0.2, 0.25) is 0 Å². The van der Waals surface area contributed by atoms with Gasteiger partial charge in [-0.1, -0.05) is 35.9 Å². The molecule has 0 spiro atoms. The smallest absolute Gasteiger partial charge is 0.275 e. The molecule has 0 aliphatic rings. The van der Waals surface area contributed by atoms with E-state index in [1.165, 1.54) is 18.2 Å². The molecule has 2 N–H and O–H groups in total. The van der Waals surface area contributed by atoms with Gasteiger partial charge in [-0.2, -0.15) is 5.10 Å². The van der Waals surface area contributed by atoms with Crippen molar-refractivity contribution in [2.75, 3.05) is 5.32 Å². The maximum Gasteiger partial charge on any atom is 0.275 e. The van der Waals surface area contributed by atoms with Gasteiger partial charge < -0.3 is 10.1 Å². The molecule has 0 saturated carbocycles. The van der Waals surface area contributed by atoms with Crippen molar-refractivity contribution in [1.29, 1.82) is 0 Å². The number of hydrogen-bond donors (Lipinski definition) is 2.